The van der Waals surface area contributed by atoms with Gasteiger partial charge in [0.05, 0.1) is 19.7 Å². The summed E-state index contributed by atoms with van der Waals surface area (Å²) < 4.78 is 7.92. The molecule has 32 heavy (non-hydrogen) atoms. The topological polar surface area (TPSA) is 50.6 Å². The number of halogens is 2. The minimum Gasteiger partial charge on any atom is -0.493 e. The Kier molecular flexibility index (Phi) is 8.48. The highest BCUT2D eigenvalue weighted by Gasteiger charge is 2.29. The van der Waals surface area contributed by atoms with Crippen LogP contribution < -0.4 is 9.64 Å². The number of rotatable bonds is 8. The predicted molar refractivity (Wildman–Crippen MR) is 131 cm³/mol. The number of carbonyl (C=O) groups is 1. The molecule has 1 saturated carbocycles. The second-order valence-electron chi connectivity index (χ2n) is 9.34. The molecule has 2 aliphatic rings. The van der Waals surface area contributed by atoms with Crippen molar-refractivity contribution in [2.75, 3.05) is 37.7 Å². The summed E-state index contributed by atoms with van der Waals surface area (Å²) in [4.78, 5) is 16.9. The molecule has 6 nitrogen and oxygen atoms in total. The number of carbonyl (C=O) groups excluding carboxylic acids is 1. The third-order valence-corrected chi connectivity index (χ3v) is 6.44. The number of anilines is 1. The lowest BCUT2D eigenvalue weighted by atomic mass is 9.85. The molecule has 0 spiro atoms. The molecule has 1 saturated heterocycles. The van der Waals surface area contributed by atoms with E-state index in [1.165, 1.54) is 19.3 Å². The van der Waals surface area contributed by atoms with Gasteiger partial charge >= 0.3 is 0 Å². The maximum atomic E-state index is 12.8. The zero-order valence-corrected chi connectivity index (χ0v) is 20.8. The van der Waals surface area contributed by atoms with Gasteiger partial charge in [-0.15, -0.1) is 12.4 Å². The molecule has 1 aromatic carbocycles. The number of hydrogen-bond acceptors (Lipinski definition) is 4. The molecule has 2 fully saturated rings. The van der Waals surface area contributed by atoms with Gasteiger partial charge in [-0.2, -0.15) is 5.10 Å². The molecule has 1 amide bonds. The Morgan fingerprint density at radius 3 is 2.66 bits per heavy atom. The van der Waals surface area contributed by atoms with E-state index in [0.717, 1.165) is 41.8 Å². The minimum absolute atomic E-state index is 0. The van der Waals surface area contributed by atoms with Gasteiger partial charge in [0.2, 0.25) is 5.91 Å². The van der Waals surface area contributed by atoms with Crippen LogP contribution in [0.15, 0.2) is 24.3 Å². The molecule has 8 heteroatoms. The molecule has 1 aromatic heterocycles. The lowest BCUT2D eigenvalue weighted by molar-refractivity contribution is -0.121. The van der Waals surface area contributed by atoms with E-state index in [1.807, 2.05) is 40.8 Å². The highest BCUT2D eigenvalue weighted by Crippen LogP contribution is 2.28. The number of amides is 1. The van der Waals surface area contributed by atoms with Crippen molar-refractivity contribution in [3.63, 3.8) is 0 Å². The molecular weight excluding hydrogens is 447 g/mol. The van der Waals surface area contributed by atoms with Gasteiger partial charge in [-0.25, -0.2) is 0 Å². The summed E-state index contributed by atoms with van der Waals surface area (Å²) in [6.07, 6.45) is 3.96. The monoisotopic (exact) mass is 480 g/mol. The Morgan fingerprint density at radius 2 is 2.00 bits per heavy atom. The number of piperazine rings is 1. The largest absolute Gasteiger partial charge is 0.493 e. The van der Waals surface area contributed by atoms with Crippen molar-refractivity contribution >= 4 is 35.7 Å². The van der Waals surface area contributed by atoms with Crippen molar-refractivity contribution < 1.29 is 9.53 Å². The zero-order chi connectivity index (χ0) is 22.0. The zero-order valence-electron chi connectivity index (χ0n) is 19.2. The van der Waals surface area contributed by atoms with Crippen molar-refractivity contribution in [3.05, 3.63) is 40.5 Å². The van der Waals surface area contributed by atoms with E-state index >= 15 is 0 Å². The van der Waals surface area contributed by atoms with Gasteiger partial charge in [0.15, 0.2) is 5.82 Å². The van der Waals surface area contributed by atoms with Crippen molar-refractivity contribution in [1.29, 1.82) is 0 Å². The average molecular weight is 481 g/mol. The first-order valence-corrected chi connectivity index (χ1v) is 11.7. The van der Waals surface area contributed by atoms with Crippen LogP contribution in [-0.2, 0) is 11.3 Å². The average Bonchev–Trinajstić information content (AvgIpc) is 3.04. The molecule has 2 heterocycles. The maximum Gasteiger partial charge on any atom is 0.242 e. The van der Waals surface area contributed by atoms with Gasteiger partial charge in [-0.1, -0.05) is 31.9 Å². The van der Waals surface area contributed by atoms with Gasteiger partial charge in [0, 0.05) is 42.0 Å². The van der Waals surface area contributed by atoms with E-state index in [2.05, 4.69) is 18.7 Å². The van der Waals surface area contributed by atoms with Crippen LogP contribution in [0.2, 0.25) is 5.02 Å². The van der Waals surface area contributed by atoms with Gasteiger partial charge in [0.1, 0.15) is 5.75 Å². The second-order valence-corrected chi connectivity index (χ2v) is 9.77. The van der Waals surface area contributed by atoms with Crippen LogP contribution in [0.4, 0.5) is 5.82 Å². The third-order valence-electron chi connectivity index (χ3n) is 6.20. The highest BCUT2D eigenvalue weighted by molar-refractivity contribution is 6.30. The summed E-state index contributed by atoms with van der Waals surface area (Å²) in [6, 6.07) is 7.70. The highest BCUT2D eigenvalue weighted by atomic mass is 35.5. The van der Waals surface area contributed by atoms with Crippen LogP contribution in [0.3, 0.4) is 0 Å². The second kappa shape index (κ2) is 10.9. The van der Waals surface area contributed by atoms with E-state index in [-0.39, 0.29) is 18.3 Å². The summed E-state index contributed by atoms with van der Waals surface area (Å²) in [6.45, 7) is 10.6. The predicted octanol–water partition coefficient (Wildman–Crippen LogP) is 4.80. The van der Waals surface area contributed by atoms with E-state index in [4.69, 9.17) is 21.4 Å². The van der Waals surface area contributed by atoms with Crippen LogP contribution >= 0.6 is 24.0 Å². The van der Waals surface area contributed by atoms with Gasteiger partial charge in [-0.05, 0) is 49.8 Å². The Bertz CT molecular complexity index is 927. The molecule has 2 aromatic rings. The molecule has 0 bridgehead atoms. The standard InChI is InChI=1S/C24H33ClN4O2.ClH/c1-17(2)16-31-22-8-7-21(25)12-20(22)14-29-18(3)11-23(26-29)28-10-9-27(15-24(28)30)13-19-5-4-6-19;/h7-8,11-12,17,19H,4-6,9-10,13-16H2,1-3H3;1H. The quantitative estimate of drug-likeness (QED) is 0.544. The first-order valence-electron chi connectivity index (χ1n) is 11.4. The van der Waals surface area contributed by atoms with Gasteiger partial charge < -0.3 is 4.74 Å². The number of hydrogen-bond donors (Lipinski definition) is 0. The maximum absolute atomic E-state index is 12.8. The van der Waals surface area contributed by atoms with Crippen molar-refractivity contribution in [3.8, 4) is 5.75 Å². The Labute approximate surface area is 202 Å². The van der Waals surface area contributed by atoms with Crippen molar-refractivity contribution in [2.24, 2.45) is 11.8 Å². The van der Waals surface area contributed by atoms with E-state index < -0.39 is 0 Å². The van der Waals surface area contributed by atoms with Crippen molar-refractivity contribution in [1.82, 2.24) is 14.7 Å². The normalized spacial score (nSPS) is 17.4. The molecule has 1 aliphatic carbocycles. The van der Waals surface area contributed by atoms with Crippen LogP contribution in [0.25, 0.3) is 0 Å². The van der Waals surface area contributed by atoms with E-state index in [1.54, 1.807) is 0 Å². The minimum atomic E-state index is 0. The fourth-order valence-electron chi connectivity index (χ4n) is 4.18. The fourth-order valence-corrected chi connectivity index (χ4v) is 4.37. The molecule has 0 radical (unpaired) electrons. The number of ether oxygens (including phenoxy) is 1. The summed E-state index contributed by atoms with van der Waals surface area (Å²) in [5.41, 5.74) is 2.00. The Balaban J connectivity index is 0.00000289. The SMILES string of the molecule is Cc1cc(N2CCN(CC3CCC3)CC2=O)nn1Cc1cc(Cl)ccc1OCC(C)C.Cl. The molecule has 0 unspecified atom stereocenters. The first kappa shape index (κ1) is 24.9. The molecule has 0 atom stereocenters. The molecule has 0 N–H and O–H groups in total. The van der Waals surface area contributed by atoms with E-state index in [9.17, 15) is 4.79 Å². The number of aromatic nitrogens is 2. The fraction of sp³-hybridized carbons (Fsp3) is 0.583. The molecule has 176 valence electrons. The van der Waals surface area contributed by atoms with Gasteiger partial charge in [-0.3, -0.25) is 19.3 Å². The molecular formula is C24H34Cl2N4O2. The number of benzene rings is 1. The summed E-state index contributed by atoms with van der Waals surface area (Å²) in [5, 5.41) is 5.44. The Hall–Kier alpha value is -1.76. The van der Waals surface area contributed by atoms with E-state index in [0.29, 0.717) is 37.2 Å². The Morgan fingerprint density at radius 1 is 1.22 bits per heavy atom. The molecule has 4 rings (SSSR count). The van der Waals surface area contributed by atoms with Crippen LogP contribution in [-0.4, -0.2) is 53.4 Å². The number of aryl methyl sites for hydroxylation is 1. The third kappa shape index (κ3) is 5.97. The summed E-state index contributed by atoms with van der Waals surface area (Å²) >= 11 is 6.25. The molecule has 1 aliphatic heterocycles. The lowest BCUT2D eigenvalue weighted by Crippen LogP contribution is -2.52. The summed E-state index contributed by atoms with van der Waals surface area (Å²) in [7, 11) is 0. The van der Waals surface area contributed by atoms with Crippen LogP contribution in [0.5, 0.6) is 5.75 Å². The van der Waals surface area contributed by atoms with Crippen molar-refractivity contribution in [2.45, 2.75) is 46.6 Å². The summed E-state index contributed by atoms with van der Waals surface area (Å²) in [5.74, 6) is 2.92. The lowest BCUT2D eigenvalue weighted by Gasteiger charge is -2.37. The first-order chi connectivity index (χ1) is 14.9. The number of nitrogens with zero attached hydrogens (tertiary/aromatic N) is 4. The van der Waals surface area contributed by atoms with Crippen LogP contribution in [0.1, 0.15) is 44.4 Å². The van der Waals surface area contributed by atoms with Crippen LogP contribution in [0, 0.1) is 18.8 Å². The smallest absolute Gasteiger partial charge is 0.242 e. The van der Waals surface area contributed by atoms with Gasteiger partial charge in [0.25, 0.3) is 0 Å².